The third-order valence-corrected chi connectivity index (χ3v) is 2.36. The van der Waals surface area contributed by atoms with Crippen LogP contribution < -0.4 is 10.6 Å². The monoisotopic (exact) mass is 207 g/mol. The van der Waals surface area contributed by atoms with Crippen LogP contribution in [0.3, 0.4) is 0 Å². The Kier molecular flexibility index (Phi) is 4.09. The van der Waals surface area contributed by atoms with Crippen LogP contribution in [0.2, 0.25) is 0 Å². The summed E-state index contributed by atoms with van der Waals surface area (Å²) in [5.74, 6) is 0.466. The molecule has 0 aliphatic carbocycles. The fraction of sp³-hybridized carbons (Fsp3) is 0.583. The Labute approximate surface area is 92.3 Å². The Hall–Kier alpha value is -1.09. The Balaban J connectivity index is 2.80. The number of hydrogen-bond donors (Lipinski definition) is 1. The SMILES string of the molecule is CC(N)CN(C)c1ccnc(C(C)C)c1. The molecule has 1 aromatic heterocycles. The molecule has 2 N–H and O–H groups in total. The Bertz CT molecular complexity index is 307. The zero-order valence-corrected chi connectivity index (χ0v) is 10.1. The molecule has 0 radical (unpaired) electrons. The van der Waals surface area contributed by atoms with Gasteiger partial charge in [0.1, 0.15) is 0 Å². The van der Waals surface area contributed by atoms with Crippen molar-refractivity contribution in [3.63, 3.8) is 0 Å². The van der Waals surface area contributed by atoms with Gasteiger partial charge in [0.2, 0.25) is 0 Å². The first kappa shape index (κ1) is 12.0. The van der Waals surface area contributed by atoms with E-state index in [0.717, 1.165) is 12.2 Å². The van der Waals surface area contributed by atoms with Gasteiger partial charge in [0.15, 0.2) is 0 Å². The van der Waals surface area contributed by atoms with Gasteiger partial charge in [-0.05, 0) is 25.0 Å². The minimum atomic E-state index is 0.186. The maximum Gasteiger partial charge on any atom is 0.0449 e. The molecule has 0 saturated heterocycles. The highest BCUT2D eigenvalue weighted by Gasteiger charge is 2.06. The van der Waals surface area contributed by atoms with Crippen LogP contribution in [-0.2, 0) is 0 Å². The molecule has 1 aromatic rings. The van der Waals surface area contributed by atoms with Crippen molar-refractivity contribution in [1.82, 2.24) is 4.98 Å². The van der Waals surface area contributed by atoms with Gasteiger partial charge in [0.25, 0.3) is 0 Å². The summed E-state index contributed by atoms with van der Waals surface area (Å²) in [6.45, 7) is 7.18. The average Bonchev–Trinajstić information content (AvgIpc) is 2.17. The molecule has 1 heterocycles. The minimum absolute atomic E-state index is 0.186. The topological polar surface area (TPSA) is 42.1 Å². The number of aromatic nitrogens is 1. The normalized spacial score (nSPS) is 12.9. The number of rotatable bonds is 4. The van der Waals surface area contributed by atoms with Gasteiger partial charge in [0, 0.05) is 37.2 Å². The molecule has 0 fully saturated rings. The fourth-order valence-corrected chi connectivity index (χ4v) is 1.53. The predicted octanol–water partition coefficient (Wildman–Crippen LogP) is 1.99. The van der Waals surface area contributed by atoms with E-state index >= 15 is 0 Å². The molecule has 0 spiro atoms. The van der Waals surface area contributed by atoms with Gasteiger partial charge in [-0.2, -0.15) is 0 Å². The molecular formula is C12H21N3. The molecular weight excluding hydrogens is 186 g/mol. The first-order chi connectivity index (χ1) is 7.00. The average molecular weight is 207 g/mol. The van der Waals surface area contributed by atoms with E-state index in [0.29, 0.717) is 5.92 Å². The summed E-state index contributed by atoms with van der Waals surface area (Å²) >= 11 is 0. The van der Waals surface area contributed by atoms with Crippen LogP contribution in [0.25, 0.3) is 0 Å². The van der Waals surface area contributed by atoms with Crippen molar-refractivity contribution in [2.75, 3.05) is 18.5 Å². The highest BCUT2D eigenvalue weighted by atomic mass is 15.1. The van der Waals surface area contributed by atoms with E-state index in [1.807, 2.05) is 19.2 Å². The lowest BCUT2D eigenvalue weighted by molar-refractivity contribution is 0.715. The molecule has 84 valence electrons. The van der Waals surface area contributed by atoms with Crippen LogP contribution >= 0.6 is 0 Å². The van der Waals surface area contributed by atoms with Crippen LogP contribution in [-0.4, -0.2) is 24.6 Å². The van der Waals surface area contributed by atoms with Crippen molar-refractivity contribution in [3.8, 4) is 0 Å². The maximum atomic E-state index is 5.77. The summed E-state index contributed by atoms with van der Waals surface area (Å²) in [5, 5.41) is 0. The van der Waals surface area contributed by atoms with Crippen LogP contribution in [0.4, 0.5) is 5.69 Å². The molecule has 3 heteroatoms. The summed E-state index contributed by atoms with van der Waals surface area (Å²) in [4.78, 5) is 6.51. The second-order valence-corrected chi connectivity index (χ2v) is 4.45. The Morgan fingerprint density at radius 2 is 2.07 bits per heavy atom. The molecule has 1 atom stereocenters. The van der Waals surface area contributed by atoms with Gasteiger partial charge >= 0.3 is 0 Å². The predicted molar refractivity (Wildman–Crippen MR) is 65.2 cm³/mol. The van der Waals surface area contributed by atoms with Crippen LogP contribution in [0.15, 0.2) is 18.3 Å². The second-order valence-electron chi connectivity index (χ2n) is 4.45. The molecule has 0 aromatic carbocycles. The van der Waals surface area contributed by atoms with Gasteiger partial charge in [-0.3, -0.25) is 4.98 Å². The highest BCUT2D eigenvalue weighted by molar-refractivity contribution is 5.46. The molecule has 0 amide bonds. The van der Waals surface area contributed by atoms with Gasteiger partial charge in [-0.25, -0.2) is 0 Å². The molecule has 0 bridgehead atoms. The number of likely N-dealkylation sites (N-methyl/N-ethyl adjacent to an activating group) is 1. The van der Waals surface area contributed by atoms with Crippen molar-refractivity contribution in [1.29, 1.82) is 0 Å². The number of anilines is 1. The molecule has 3 nitrogen and oxygen atoms in total. The lowest BCUT2D eigenvalue weighted by Gasteiger charge is -2.22. The van der Waals surface area contributed by atoms with E-state index in [2.05, 4.69) is 36.8 Å². The smallest absolute Gasteiger partial charge is 0.0449 e. The Morgan fingerprint density at radius 3 is 2.60 bits per heavy atom. The molecule has 1 rings (SSSR count). The molecule has 0 aliphatic heterocycles. The van der Waals surface area contributed by atoms with Crippen molar-refractivity contribution in [2.45, 2.75) is 32.7 Å². The number of nitrogens with zero attached hydrogens (tertiary/aromatic N) is 2. The van der Waals surface area contributed by atoms with Gasteiger partial charge in [-0.15, -0.1) is 0 Å². The van der Waals surface area contributed by atoms with E-state index < -0.39 is 0 Å². The zero-order valence-electron chi connectivity index (χ0n) is 10.1. The summed E-state index contributed by atoms with van der Waals surface area (Å²) in [5.41, 5.74) is 8.09. The lowest BCUT2D eigenvalue weighted by atomic mass is 10.1. The standard InChI is InChI=1S/C12H21N3/c1-9(2)12-7-11(5-6-14-12)15(4)8-10(3)13/h5-7,9-10H,8,13H2,1-4H3. The summed E-state index contributed by atoms with van der Waals surface area (Å²) in [6.07, 6.45) is 1.86. The van der Waals surface area contributed by atoms with Crippen molar-refractivity contribution < 1.29 is 0 Å². The fourth-order valence-electron chi connectivity index (χ4n) is 1.53. The summed E-state index contributed by atoms with van der Waals surface area (Å²) in [7, 11) is 2.06. The van der Waals surface area contributed by atoms with Gasteiger partial charge in [0.05, 0.1) is 0 Å². The Morgan fingerprint density at radius 1 is 1.40 bits per heavy atom. The minimum Gasteiger partial charge on any atom is -0.373 e. The van der Waals surface area contributed by atoms with E-state index in [1.54, 1.807) is 0 Å². The molecule has 0 saturated carbocycles. The number of nitrogens with two attached hydrogens (primary N) is 1. The quantitative estimate of drug-likeness (QED) is 0.821. The lowest BCUT2D eigenvalue weighted by Crippen LogP contribution is -2.32. The van der Waals surface area contributed by atoms with Gasteiger partial charge < -0.3 is 10.6 Å². The van der Waals surface area contributed by atoms with Crippen LogP contribution in [0, 0.1) is 0 Å². The summed E-state index contributed by atoms with van der Waals surface area (Å²) in [6, 6.07) is 4.34. The molecule has 0 aliphatic rings. The largest absolute Gasteiger partial charge is 0.373 e. The highest BCUT2D eigenvalue weighted by Crippen LogP contribution is 2.18. The molecule has 1 unspecified atom stereocenters. The zero-order chi connectivity index (χ0) is 11.4. The summed E-state index contributed by atoms with van der Waals surface area (Å²) < 4.78 is 0. The third kappa shape index (κ3) is 3.51. The van der Waals surface area contributed by atoms with Gasteiger partial charge in [-0.1, -0.05) is 13.8 Å². The molecule has 15 heavy (non-hydrogen) atoms. The van der Waals surface area contributed by atoms with Crippen molar-refractivity contribution in [2.24, 2.45) is 5.73 Å². The number of hydrogen-bond acceptors (Lipinski definition) is 3. The number of pyridine rings is 1. The van der Waals surface area contributed by atoms with E-state index in [9.17, 15) is 0 Å². The third-order valence-electron chi connectivity index (χ3n) is 2.36. The maximum absolute atomic E-state index is 5.77. The van der Waals surface area contributed by atoms with Crippen molar-refractivity contribution in [3.05, 3.63) is 24.0 Å². The van der Waals surface area contributed by atoms with E-state index in [-0.39, 0.29) is 6.04 Å². The van der Waals surface area contributed by atoms with Crippen molar-refractivity contribution >= 4 is 5.69 Å². The van der Waals surface area contributed by atoms with E-state index in [1.165, 1.54) is 5.69 Å². The first-order valence-electron chi connectivity index (χ1n) is 5.43. The first-order valence-corrected chi connectivity index (χ1v) is 5.43. The second kappa shape index (κ2) is 5.12. The van der Waals surface area contributed by atoms with E-state index in [4.69, 9.17) is 5.73 Å². The van der Waals surface area contributed by atoms with Crippen LogP contribution in [0.1, 0.15) is 32.4 Å². The van der Waals surface area contributed by atoms with Crippen LogP contribution in [0.5, 0.6) is 0 Å².